The molecular formula is C26H33N3O3. The van der Waals surface area contributed by atoms with Crippen molar-refractivity contribution in [3.63, 3.8) is 0 Å². The van der Waals surface area contributed by atoms with Crippen molar-refractivity contribution in [2.45, 2.75) is 63.6 Å². The molecule has 1 amide bonds. The van der Waals surface area contributed by atoms with E-state index in [1.165, 1.54) is 36.9 Å². The molecule has 2 aliphatic heterocycles. The minimum absolute atomic E-state index is 0.110. The monoisotopic (exact) mass is 435 g/mol. The van der Waals surface area contributed by atoms with Gasteiger partial charge in [0, 0.05) is 50.8 Å². The van der Waals surface area contributed by atoms with E-state index in [0.717, 1.165) is 57.0 Å². The van der Waals surface area contributed by atoms with Gasteiger partial charge in [-0.15, -0.1) is 0 Å². The van der Waals surface area contributed by atoms with Crippen LogP contribution in [0, 0.1) is 0 Å². The van der Waals surface area contributed by atoms with Crippen LogP contribution in [0.15, 0.2) is 36.5 Å². The predicted molar refractivity (Wildman–Crippen MR) is 123 cm³/mol. The van der Waals surface area contributed by atoms with Crippen molar-refractivity contribution < 1.29 is 14.3 Å². The van der Waals surface area contributed by atoms with E-state index in [9.17, 15) is 4.79 Å². The van der Waals surface area contributed by atoms with Crippen molar-refractivity contribution in [2.75, 3.05) is 26.3 Å². The molecule has 1 saturated carbocycles. The fourth-order valence-electron chi connectivity index (χ4n) is 4.86. The van der Waals surface area contributed by atoms with E-state index in [0.29, 0.717) is 18.0 Å². The minimum Gasteiger partial charge on any atom is -0.474 e. The molecule has 3 heterocycles. The Labute approximate surface area is 190 Å². The first-order chi connectivity index (χ1) is 15.7. The van der Waals surface area contributed by atoms with Gasteiger partial charge >= 0.3 is 0 Å². The molecular weight excluding hydrogens is 402 g/mol. The smallest absolute Gasteiger partial charge is 0.253 e. The first-order valence-electron chi connectivity index (χ1n) is 12.1. The molecule has 3 aliphatic rings. The summed E-state index contributed by atoms with van der Waals surface area (Å²) < 4.78 is 11.2. The quantitative estimate of drug-likeness (QED) is 0.752. The number of amides is 1. The summed E-state index contributed by atoms with van der Waals surface area (Å²) in [5, 5.41) is 3.04. The van der Waals surface area contributed by atoms with Gasteiger partial charge in [0.25, 0.3) is 5.91 Å². The lowest BCUT2D eigenvalue weighted by molar-refractivity contribution is 0.0237. The molecule has 6 heteroatoms. The molecule has 1 aromatic heterocycles. The van der Waals surface area contributed by atoms with Crippen LogP contribution in [-0.4, -0.2) is 54.2 Å². The van der Waals surface area contributed by atoms with Crippen LogP contribution in [0.3, 0.4) is 0 Å². The van der Waals surface area contributed by atoms with Gasteiger partial charge in [0.05, 0.1) is 18.8 Å². The van der Waals surface area contributed by atoms with Gasteiger partial charge in [-0.2, -0.15) is 0 Å². The summed E-state index contributed by atoms with van der Waals surface area (Å²) in [5.41, 5.74) is 4.61. The molecule has 6 nitrogen and oxygen atoms in total. The number of hydrogen-bond donors (Lipinski definition) is 1. The van der Waals surface area contributed by atoms with Crippen LogP contribution in [0.5, 0.6) is 5.88 Å². The molecule has 5 rings (SSSR count). The number of fused-ring (bicyclic) bond motifs is 1. The normalized spacial score (nSPS) is 20.1. The summed E-state index contributed by atoms with van der Waals surface area (Å²) in [5.74, 6) is 0.455. The highest BCUT2D eigenvalue weighted by molar-refractivity contribution is 5.93. The van der Waals surface area contributed by atoms with E-state index in [1.807, 2.05) is 0 Å². The molecule has 0 spiro atoms. The Morgan fingerprint density at radius 2 is 1.88 bits per heavy atom. The van der Waals surface area contributed by atoms with E-state index in [-0.39, 0.29) is 12.0 Å². The number of carbonyl (C=O) groups is 1. The van der Waals surface area contributed by atoms with E-state index >= 15 is 0 Å². The van der Waals surface area contributed by atoms with Crippen molar-refractivity contribution in [2.24, 2.45) is 0 Å². The standard InChI is InChI=1S/C26H33N3O3/c30-26(22-6-7-25(27-18-22)32-24-10-14-31-15-11-24)28-17-19-4-5-20-8-12-29(23-2-1-3-23)13-9-21(20)16-19/h4-7,16,18,23-24H,1-3,8-15,17H2,(H,28,30). The molecule has 170 valence electrons. The van der Waals surface area contributed by atoms with Crippen molar-refractivity contribution in [3.8, 4) is 5.88 Å². The Morgan fingerprint density at radius 3 is 2.59 bits per heavy atom. The van der Waals surface area contributed by atoms with E-state index in [4.69, 9.17) is 9.47 Å². The first kappa shape index (κ1) is 21.4. The third kappa shape index (κ3) is 5.13. The number of pyridine rings is 1. The molecule has 1 aromatic carbocycles. The number of aromatic nitrogens is 1. The summed E-state index contributed by atoms with van der Waals surface area (Å²) >= 11 is 0. The van der Waals surface area contributed by atoms with Gasteiger partial charge in [-0.25, -0.2) is 4.98 Å². The van der Waals surface area contributed by atoms with Crippen LogP contribution in [0.1, 0.15) is 59.2 Å². The number of benzene rings is 1. The average Bonchev–Trinajstić information content (AvgIpc) is 3.00. The van der Waals surface area contributed by atoms with Crippen molar-refractivity contribution >= 4 is 5.91 Å². The minimum atomic E-state index is -0.110. The van der Waals surface area contributed by atoms with Crippen LogP contribution < -0.4 is 10.1 Å². The maximum atomic E-state index is 12.6. The van der Waals surface area contributed by atoms with E-state index < -0.39 is 0 Å². The molecule has 1 saturated heterocycles. The van der Waals surface area contributed by atoms with Crippen molar-refractivity contribution in [1.29, 1.82) is 0 Å². The predicted octanol–water partition coefficient (Wildman–Crippen LogP) is 3.52. The molecule has 0 bridgehead atoms. The molecule has 1 aliphatic carbocycles. The Morgan fingerprint density at radius 1 is 1.06 bits per heavy atom. The zero-order chi connectivity index (χ0) is 21.8. The molecule has 0 radical (unpaired) electrons. The third-order valence-electron chi connectivity index (χ3n) is 7.11. The fourth-order valence-corrected chi connectivity index (χ4v) is 4.86. The Hall–Kier alpha value is -2.44. The third-order valence-corrected chi connectivity index (χ3v) is 7.11. The highest BCUT2D eigenvalue weighted by atomic mass is 16.5. The summed E-state index contributed by atoms with van der Waals surface area (Å²) in [4.78, 5) is 19.6. The second-order valence-corrected chi connectivity index (χ2v) is 9.22. The second kappa shape index (κ2) is 10.0. The van der Waals surface area contributed by atoms with Crippen LogP contribution >= 0.6 is 0 Å². The van der Waals surface area contributed by atoms with Crippen LogP contribution in [0.4, 0.5) is 0 Å². The lowest BCUT2D eigenvalue weighted by Gasteiger charge is -2.36. The maximum absolute atomic E-state index is 12.6. The SMILES string of the molecule is O=C(NCc1ccc2c(c1)CCN(C1CCC1)CC2)c1ccc(OC2CCOCC2)nc1. The topological polar surface area (TPSA) is 63.7 Å². The van der Waals surface area contributed by atoms with E-state index in [2.05, 4.69) is 33.4 Å². The highest BCUT2D eigenvalue weighted by Gasteiger charge is 2.26. The summed E-state index contributed by atoms with van der Waals surface area (Å²) in [7, 11) is 0. The molecule has 2 aromatic rings. The molecule has 2 fully saturated rings. The van der Waals surface area contributed by atoms with Gasteiger partial charge in [-0.1, -0.05) is 24.6 Å². The Bertz CT molecular complexity index is 920. The van der Waals surface area contributed by atoms with Gasteiger partial charge < -0.3 is 14.8 Å². The number of rotatable bonds is 6. The van der Waals surface area contributed by atoms with Crippen LogP contribution in [-0.2, 0) is 24.1 Å². The zero-order valence-electron chi connectivity index (χ0n) is 18.7. The molecule has 32 heavy (non-hydrogen) atoms. The number of nitrogens with zero attached hydrogens (tertiary/aromatic N) is 2. The summed E-state index contributed by atoms with van der Waals surface area (Å²) in [6, 6.07) is 11.1. The lowest BCUT2D eigenvalue weighted by atomic mass is 9.91. The van der Waals surface area contributed by atoms with Gasteiger partial charge in [-0.3, -0.25) is 9.69 Å². The van der Waals surface area contributed by atoms with Crippen molar-refractivity contribution in [1.82, 2.24) is 15.2 Å². The van der Waals surface area contributed by atoms with Gasteiger partial charge in [0.2, 0.25) is 5.88 Å². The largest absolute Gasteiger partial charge is 0.474 e. The van der Waals surface area contributed by atoms with E-state index in [1.54, 1.807) is 18.3 Å². The number of nitrogens with one attached hydrogen (secondary N) is 1. The highest BCUT2D eigenvalue weighted by Crippen LogP contribution is 2.27. The summed E-state index contributed by atoms with van der Waals surface area (Å²) in [6.45, 7) is 4.31. The van der Waals surface area contributed by atoms with Gasteiger partial charge in [-0.05, 0) is 48.4 Å². The Balaban J connectivity index is 1.14. The Kier molecular flexibility index (Phi) is 6.69. The van der Waals surface area contributed by atoms with Crippen molar-refractivity contribution in [3.05, 3.63) is 58.8 Å². The average molecular weight is 436 g/mol. The number of carbonyl (C=O) groups excluding carboxylic acids is 1. The summed E-state index contributed by atoms with van der Waals surface area (Å²) in [6.07, 6.45) is 9.85. The van der Waals surface area contributed by atoms with Crippen LogP contribution in [0.25, 0.3) is 0 Å². The maximum Gasteiger partial charge on any atom is 0.253 e. The van der Waals surface area contributed by atoms with Gasteiger partial charge in [0.15, 0.2) is 0 Å². The fraction of sp³-hybridized carbons (Fsp3) is 0.538. The lowest BCUT2D eigenvalue weighted by Crippen LogP contribution is -2.41. The molecule has 0 atom stereocenters. The van der Waals surface area contributed by atoms with Crippen LogP contribution in [0.2, 0.25) is 0 Å². The zero-order valence-corrected chi connectivity index (χ0v) is 18.7. The van der Waals surface area contributed by atoms with Gasteiger partial charge in [0.1, 0.15) is 6.10 Å². The number of hydrogen-bond acceptors (Lipinski definition) is 5. The first-order valence-corrected chi connectivity index (χ1v) is 12.1. The second-order valence-electron chi connectivity index (χ2n) is 9.22. The molecule has 0 unspecified atom stereocenters. The number of ether oxygens (including phenoxy) is 2. The molecule has 1 N–H and O–H groups in total.